The molecule has 1 amide bonds. The summed E-state index contributed by atoms with van der Waals surface area (Å²) in [5.74, 6) is -0.0265. The quantitative estimate of drug-likeness (QED) is 0.847. The summed E-state index contributed by atoms with van der Waals surface area (Å²) in [5, 5.41) is 9.69. The molecule has 5 heteroatoms. The lowest BCUT2D eigenvalue weighted by Gasteiger charge is -2.37. The highest BCUT2D eigenvalue weighted by Gasteiger charge is 2.29. The summed E-state index contributed by atoms with van der Waals surface area (Å²) in [5.41, 5.74) is 1.69. The molecule has 2 N–H and O–H groups in total. The lowest BCUT2D eigenvalue weighted by molar-refractivity contribution is 0.0891. The Morgan fingerprint density at radius 2 is 2.22 bits per heavy atom. The number of H-pyrrole nitrogens is 1. The molecular weight excluding hydrogens is 228 g/mol. The zero-order valence-corrected chi connectivity index (χ0v) is 11.4. The maximum absolute atomic E-state index is 12.0. The summed E-state index contributed by atoms with van der Waals surface area (Å²) in [4.78, 5) is 14.3. The smallest absolute Gasteiger partial charge is 0.254 e. The van der Waals surface area contributed by atoms with Crippen LogP contribution in [0.2, 0.25) is 0 Å². The van der Waals surface area contributed by atoms with Crippen LogP contribution >= 0.6 is 0 Å². The van der Waals surface area contributed by atoms with Gasteiger partial charge >= 0.3 is 0 Å². The molecule has 18 heavy (non-hydrogen) atoms. The number of hydrogen-bond donors (Lipinski definition) is 2. The standard InChI is InChI=1S/C13H22N4O/c1-10-11(8-15-16-10)12(18)14-9-13(2)4-6-17(3)7-5-13/h8H,4-7,9H2,1-3H3,(H,14,18)(H,15,16). The van der Waals surface area contributed by atoms with Gasteiger partial charge in [0, 0.05) is 12.2 Å². The molecule has 2 rings (SSSR count). The van der Waals surface area contributed by atoms with E-state index in [1.165, 1.54) is 0 Å². The van der Waals surface area contributed by atoms with Gasteiger partial charge in [0.15, 0.2) is 0 Å². The number of nitrogens with zero attached hydrogens (tertiary/aromatic N) is 2. The number of carbonyl (C=O) groups is 1. The Bertz CT molecular complexity index is 418. The lowest BCUT2D eigenvalue weighted by Crippen LogP contribution is -2.43. The fourth-order valence-corrected chi connectivity index (χ4v) is 2.30. The van der Waals surface area contributed by atoms with E-state index in [4.69, 9.17) is 0 Å². The average Bonchev–Trinajstić information content (AvgIpc) is 2.77. The largest absolute Gasteiger partial charge is 0.351 e. The zero-order valence-electron chi connectivity index (χ0n) is 11.4. The predicted octanol–water partition coefficient (Wildman–Crippen LogP) is 1.18. The molecule has 1 aliphatic heterocycles. The fraction of sp³-hybridized carbons (Fsp3) is 0.692. The Balaban J connectivity index is 1.88. The number of piperidine rings is 1. The van der Waals surface area contributed by atoms with E-state index in [2.05, 4.69) is 34.4 Å². The monoisotopic (exact) mass is 250 g/mol. The van der Waals surface area contributed by atoms with Crippen LogP contribution in [0.25, 0.3) is 0 Å². The van der Waals surface area contributed by atoms with Crippen molar-refractivity contribution in [2.45, 2.75) is 26.7 Å². The number of aryl methyl sites for hydroxylation is 1. The van der Waals surface area contributed by atoms with Crippen molar-refractivity contribution in [3.05, 3.63) is 17.5 Å². The van der Waals surface area contributed by atoms with E-state index >= 15 is 0 Å². The number of nitrogens with one attached hydrogen (secondary N) is 2. The summed E-state index contributed by atoms with van der Waals surface area (Å²) >= 11 is 0. The minimum atomic E-state index is -0.0265. The Hall–Kier alpha value is -1.36. The maximum Gasteiger partial charge on any atom is 0.254 e. The van der Waals surface area contributed by atoms with Crippen LogP contribution in [0.3, 0.4) is 0 Å². The zero-order chi connectivity index (χ0) is 13.2. The first-order valence-corrected chi connectivity index (χ1v) is 6.47. The fourth-order valence-electron chi connectivity index (χ4n) is 2.30. The molecule has 0 aliphatic carbocycles. The van der Waals surface area contributed by atoms with Gasteiger partial charge in [0.05, 0.1) is 11.8 Å². The molecule has 1 saturated heterocycles. The molecule has 5 nitrogen and oxygen atoms in total. The van der Waals surface area contributed by atoms with E-state index in [-0.39, 0.29) is 11.3 Å². The van der Waals surface area contributed by atoms with Crippen molar-refractivity contribution >= 4 is 5.91 Å². The Morgan fingerprint density at radius 3 is 2.78 bits per heavy atom. The number of amides is 1. The molecule has 0 atom stereocenters. The van der Waals surface area contributed by atoms with Crippen LogP contribution < -0.4 is 5.32 Å². The van der Waals surface area contributed by atoms with Gasteiger partial charge in [-0.25, -0.2) is 0 Å². The van der Waals surface area contributed by atoms with Gasteiger partial charge in [0.1, 0.15) is 0 Å². The van der Waals surface area contributed by atoms with Crippen molar-refractivity contribution in [3.8, 4) is 0 Å². The highest BCUT2D eigenvalue weighted by atomic mass is 16.1. The molecule has 0 radical (unpaired) electrons. The topological polar surface area (TPSA) is 61.0 Å². The van der Waals surface area contributed by atoms with E-state index < -0.39 is 0 Å². The summed E-state index contributed by atoms with van der Waals surface area (Å²) in [7, 11) is 2.15. The first kappa shape index (κ1) is 13.1. The van der Waals surface area contributed by atoms with Crippen LogP contribution in [0.4, 0.5) is 0 Å². The van der Waals surface area contributed by atoms with Gasteiger partial charge < -0.3 is 10.2 Å². The predicted molar refractivity (Wildman–Crippen MR) is 70.5 cm³/mol. The summed E-state index contributed by atoms with van der Waals surface area (Å²) in [6.45, 7) is 7.07. The van der Waals surface area contributed by atoms with Crippen molar-refractivity contribution in [1.29, 1.82) is 0 Å². The van der Waals surface area contributed by atoms with Gasteiger partial charge in [-0.2, -0.15) is 5.10 Å². The van der Waals surface area contributed by atoms with Crippen LogP contribution in [0.1, 0.15) is 35.8 Å². The second-order valence-electron chi connectivity index (χ2n) is 5.71. The van der Waals surface area contributed by atoms with Crippen molar-refractivity contribution in [2.75, 3.05) is 26.7 Å². The highest BCUT2D eigenvalue weighted by Crippen LogP contribution is 2.29. The van der Waals surface area contributed by atoms with Crippen molar-refractivity contribution < 1.29 is 4.79 Å². The summed E-state index contributed by atoms with van der Waals surface area (Å²) < 4.78 is 0. The number of aromatic amines is 1. The van der Waals surface area contributed by atoms with Crippen LogP contribution in [-0.4, -0.2) is 47.7 Å². The minimum absolute atomic E-state index is 0.0265. The average molecular weight is 250 g/mol. The molecule has 0 spiro atoms. The molecule has 100 valence electrons. The van der Waals surface area contributed by atoms with Gasteiger partial charge in [0.25, 0.3) is 5.91 Å². The van der Waals surface area contributed by atoms with Crippen molar-refractivity contribution in [3.63, 3.8) is 0 Å². The van der Waals surface area contributed by atoms with Gasteiger partial charge in [0.2, 0.25) is 0 Å². The van der Waals surface area contributed by atoms with Gasteiger partial charge in [-0.05, 0) is 45.3 Å². The second-order valence-corrected chi connectivity index (χ2v) is 5.71. The molecule has 1 aliphatic rings. The summed E-state index contributed by atoms with van der Waals surface area (Å²) in [6, 6.07) is 0. The van der Waals surface area contributed by atoms with E-state index in [0.717, 1.165) is 38.2 Å². The van der Waals surface area contributed by atoms with Crippen molar-refractivity contribution in [2.24, 2.45) is 5.41 Å². The SMILES string of the molecule is Cc1[nH]ncc1C(=O)NCC1(C)CCN(C)CC1. The highest BCUT2D eigenvalue weighted by molar-refractivity contribution is 5.94. The molecule has 0 aromatic carbocycles. The number of hydrogen-bond acceptors (Lipinski definition) is 3. The third kappa shape index (κ3) is 2.90. The first-order chi connectivity index (χ1) is 8.50. The van der Waals surface area contributed by atoms with E-state index in [1.807, 2.05) is 6.92 Å². The second kappa shape index (κ2) is 5.10. The van der Waals surface area contributed by atoms with E-state index in [1.54, 1.807) is 6.20 Å². The first-order valence-electron chi connectivity index (χ1n) is 6.47. The molecule has 0 bridgehead atoms. The molecular formula is C13H22N4O. The number of rotatable bonds is 3. The molecule has 1 aromatic heterocycles. The number of aromatic nitrogens is 2. The molecule has 1 aromatic rings. The van der Waals surface area contributed by atoms with E-state index in [9.17, 15) is 4.79 Å². The van der Waals surface area contributed by atoms with Crippen LogP contribution in [0, 0.1) is 12.3 Å². The minimum Gasteiger partial charge on any atom is -0.351 e. The van der Waals surface area contributed by atoms with Gasteiger partial charge in [-0.3, -0.25) is 9.89 Å². The normalized spacial score (nSPS) is 19.7. The Morgan fingerprint density at radius 1 is 1.56 bits per heavy atom. The lowest BCUT2D eigenvalue weighted by atomic mass is 9.80. The third-order valence-electron chi connectivity index (χ3n) is 3.94. The molecule has 1 fully saturated rings. The molecule has 2 heterocycles. The van der Waals surface area contributed by atoms with Gasteiger partial charge in [-0.15, -0.1) is 0 Å². The maximum atomic E-state index is 12.0. The summed E-state index contributed by atoms with van der Waals surface area (Å²) in [6.07, 6.45) is 3.85. The third-order valence-corrected chi connectivity index (χ3v) is 3.94. The van der Waals surface area contributed by atoms with E-state index in [0.29, 0.717) is 5.56 Å². The van der Waals surface area contributed by atoms with Crippen LogP contribution in [-0.2, 0) is 0 Å². The molecule has 0 saturated carbocycles. The van der Waals surface area contributed by atoms with Crippen LogP contribution in [0.15, 0.2) is 6.20 Å². The Kier molecular flexibility index (Phi) is 3.71. The number of likely N-dealkylation sites (tertiary alicyclic amines) is 1. The molecule has 0 unspecified atom stereocenters. The van der Waals surface area contributed by atoms with Crippen LogP contribution in [0.5, 0.6) is 0 Å². The van der Waals surface area contributed by atoms with Crippen molar-refractivity contribution in [1.82, 2.24) is 20.4 Å². The Labute approximate surface area is 108 Å². The number of carbonyl (C=O) groups excluding carboxylic acids is 1. The van der Waals surface area contributed by atoms with Gasteiger partial charge in [-0.1, -0.05) is 6.92 Å².